The molecule has 0 radical (unpaired) electrons. The van der Waals surface area contributed by atoms with Gasteiger partial charge < -0.3 is 16.2 Å². The van der Waals surface area contributed by atoms with Crippen LogP contribution in [-0.4, -0.2) is 28.6 Å². The number of hydrogen-bond acceptors (Lipinski definition) is 3. The van der Waals surface area contributed by atoms with E-state index in [2.05, 4.69) is 5.32 Å². The molecule has 0 aromatic carbocycles. The predicted octanol–water partition coefficient (Wildman–Crippen LogP) is 1.65. The van der Waals surface area contributed by atoms with E-state index in [4.69, 9.17) is 10.8 Å². The van der Waals surface area contributed by atoms with Crippen LogP contribution in [0, 0.1) is 5.92 Å². The predicted molar refractivity (Wildman–Crippen MR) is 73.6 cm³/mol. The molecular weight excluding hydrogens is 244 g/mol. The molecule has 110 valence electrons. The first-order valence-corrected chi connectivity index (χ1v) is 7.19. The molecule has 1 aliphatic rings. The maximum Gasteiger partial charge on any atom is 0.305 e. The summed E-state index contributed by atoms with van der Waals surface area (Å²) >= 11 is 0. The van der Waals surface area contributed by atoms with Crippen LogP contribution in [-0.2, 0) is 9.59 Å². The van der Waals surface area contributed by atoms with Crippen molar-refractivity contribution in [1.82, 2.24) is 5.32 Å². The van der Waals surface area contributed by atoms with Gasteiger partial charge in [0.2, 0.25) is 5.91 Å². The van der Waals surface area contributed by atoms with Gasteiger partial charge in [-0.05, 0) is 18.8 Å². The molecule has 4 N–H and O–H groups in total. The SMILES string of the molecule is CC[C@H](C)[C@H](N)C(=O)NC1(CC(=O)O)CCCCC1. The lowest BCUT2D eigenvalue weighted by atomic mass is 9.79. The number of amides is 1. The number of carboxylic acids is 1. The molecule has 19 heavy (non-hydrogen) atoms. The van der Waals surface area contributed by atoms with Gasteiger partial charge in [-0.25, -0.2) is 0 Å². The van der Waals surface area contributed by atoms with Crippen molar-refractivity contribution in [1.29, 1.82) is 0 Å². The Morgan fingerprint density at radius 1 is 1.32 bits per heavy atom. The van der Waals surface area contributed by atoms with E-state index in [-0.39, 0.29) is 18.2 Å². The van der Waals surface area contributed by atoms with Crippen molar-refractivity contribution in [2.45, 2.75) is 70.4 Å². The van der Waals surface area contributed by atoms with Gasteiger partial charge in [-0.1, -0.05) is 39.5 Å². The van der Waals surface area contributed by atoms with Crippen LogP contribution < -0.4 is 11.1 Å². The molecule has 0 bridgehead atoms. The smallest absolute Gasteiger partial charge is 0.305 e. The molecular formula is C14H26N2O3. The second-order valence-corrected chi connectivity index (χ2v) is 5.81. The average molecular weight is 270 g/mol. The molecule has 0 heterocycles. The summed E-state index contributed by atoms with van der Waals surface area (Å²) in [5, 5.41) is 12.0. The van der Waals surface area contributed by atoms with E-state index in [0.717, 1.165) is 38.5 Å². The van der Waals surface area contributed by atoms with Crippen molar-refractivity contribution in [3.05, 3.63) is 0 Å². The quantitative estimate of drug-likeness (QED) is 0.684. The molecule has 1 amide bonds. The highest BCUT2D eigenvalue weighted by Crippen LogP contribution is 2.31. The zero-order valence-corrected chi connectivity index (χ0v) is 11.9. The molecule has 5 nitrogen and oxygen atoms in total. The summed E-state index contributed by atoms with van der Waals surface area (Å²) in [5.74, 6) is -0.970. The van der Waals surface area contributed by atoms with Crippen LogP contribution in [0.3, 0.4) is 0 Å². The number of carbonyl (C=O) groups is 2. The van der Waals surface area contributed by atoms with Gasteiger partial charge in [-0.3, -0.25) is 9.59 Å². The van der Waals surface area contributed by atoms with Gasteiger partial charge in [0.15, 0.2) is 0 Å². The second-order valence-electron chi connectivity index (χ2n) is 5.81. The lowest BCUT2D eigenvalue weighted by molar-refractivity contribution is -0.139. The Morgan fingerprint density at radius 2 is 1.89 bits per heavy atom. The summed E-state index contributed by atoms with van der Waals surface area (Å²) in [6, 6.07) is -0.558. The fraction of sp³-hybridized carbons (Fsp3) is 0.857. The molecule has 1 aliphatic carbocycles. The number of nitrogens with one attached hydrogen (secondary N) is 1. The van der Waals surface area contributed by atoms with Crippen LogP contribution in [0.1, 0.15) is 58.8 Å². The van der Waals surface area contributed by atoms with E-state index in [0.29, 0.717) is 0 Å². The number of nitrogens with two attached hydrogens (primary N) is 1. The monoisotopic (exact) mass is 270 g/mol. The number of carbonyl (C=O) groups excluding carboxylic acids is 1. The summed E-state index contributed by atoms with van der Waals surface area (Å²) in [7, 11) is 0. The third-order valence-corrected chi connectivity index (χ3v) is 4.25. The van der Waals surface area contributed by atoms with Gasteiger partial charge in [0.25, 0.3) is 0 Å². The molecule has 0 aromatic rings. The van der Waals surface area contributed by atoms with Crippen molar-refractivity contribution in [3.8, 4) is 0 Å². The first-order chi connectivity index (χ1) is 8.90. The molecule has 0 spiro atoms. The highest BCUT2D eigenvalue weighted by molar-refractivity contribution is 5.83. The second kappa shape index (κ2) is 6.89. The van der Waals surface area contributed by atoms with Crippen molar-refractivity contribution in [2.24, 2.45) is 11.7 Å². The zero-order valence-electron chi connectivity index (χ0n) is 11.9. The summed E-state index contributed by atoms with van der Waals surface area (Å²) in [4.78, 5) is 23.2. The Kier molecular flexibility index (Phi) is 5.79. The van der Waals surface area contributed by atoms with Crippen molar-refractivity contribution >= 4 is 11.9 Å². The van der Waals surface area contributed by atoms with E-state index in [1.165, 1.54) is 0 Å². The van der Waals surface area contributed by atoms with Gasteiger partial charge in [0, 0.05) is 0 Å². The van der Waals surface area contributed by atoms with Gasteiger partial charge in [0.1, 0.15) is 0 Å². The Labute approximate surface area is 114 Å². The van der Waals surface area contributed by atoms with Crippen LogP contribution in [0.4, 0.5) is 0 Å². The van der Waals surface area contributed by atoms with Crippen molar-refractivity contribution in [3.63, 3.8) is 0 Å². The summed E-state index contributed by atoms with van der Waals surface area (Å²) < 4.78 is 0. The molecule has 5 heteroatoms. The van der Waals surface area contributed by atoms with E-state index < -0.39 is 17.6 Å². The Bertz CT molecular complexity index is 325. The van der Waals surface area contributed by atoms with Crippen molar-refractivity contribution in [2.75, 3.05) is 0 Å². The minimum Gasteiger partial charge on any atom is -0.481 e. The molecule has 0 aromatic heterocycles. The molecule has 0 saturated heterocycles. The summed E-state index contributed by atoms with van der Waals surface area (Å²) in [5.41, 5.74) is 5.33. The molecule has 1 fully saturated rings. The fourth-order valence-corrected chi connectivity index (χ4v) is 2.72. The van der Waals surface area contributed by atoms with Crippen LogP contribution >= 0.6 is 0 Å². The summed E-state index contributed by atoms with van der Waals surface area (Å²) in [6.45, 7) is 3.93. The molecule has 1 saturated carbocycles. The fourth-order valence-electron chi connectivity index (χ4n) is 2.72. The van der Waals surface area contributed by atoms with E-state index in [1.54, 1.807) is 0 Å². The summed E-state index contributed by atoms with van der Waals surface area (Å²) in [6.07, 6.45) is 5.33. The van der Waals surface area contributed by atoms with Crippen LogP contribution in [0.25, 0.3) is 0 Å². The van der Waals surface area contributed by atoms with Gasteiger partial charge in [0.05, 0.1) is 18.0 Å². The number of carboxylic acid groups (broad SMARTS) is 1. The maximum atomic E-state index is 12.2. The van der Waals surface area contributed by atoms with E-state index >= 15 is 0 Å². The minimum atomic E-state index is -0.862. The number of aliphatic carboxylic acids is 1. The minimum absolute atomic E-state index is 0.00797. The molecule has 2 atom stereocenters. The standard InChI is InChI=1S/C14H26N2O3/c1-3-10(2)12(15)13(19)16-14(9-11(17)18)7-5-4-6-8-14/h10,12H,3-9,15H2,1-2H3,(H,16,19)(H,17,18)/t10-,12-/m0/s1. The largest absolute Gasteiger partial charge is 0.481 e. The average Bonchev–Trinajstić information content (AvgIpc) is 2.36. The van der Waals surface area contributed by atoms with Crippen LogP contribution in [0.15, 0.2) is 0 Å². The van der Waals surface area contributed by atoms with Crippen molar-refractivity contribution < 1.29 is 14.7 Å². The zero-order chi connectivity index (χ0) is 14.5. The molecule has 1 rings (SSSR count). The number of hydrogen-bond donors (Lipinski definition) is 3. The number of rotatable bonds is 6. The highest BCUT2D eigenvalue weighted by atomic mass is 16.4. The lowest BCUT2D eigenvalue weighted by Crippen LogP contribution is -2.56. The first-order valence-electron chi connectivity index (χ1n) is 7.19. The lowest BCUT2D eigenvalue weighted by Gasteiger charge is -2.38. The Hall–Kier alpha value is -1.10. The maximum absolute atomic E-state index is 12.2. The van der Waals surface area contributed by atoms with Gasteiger partial charge in [-0.15, -0.1) is 0 Å². The Balaban J connectivity index is 2.71. The highest BCUT2D eigenvalue weighted by Gasteiger charge is 2.37. The molecule has 0 aliphatic heterocycles. The van der Waals surface area contributed by atoms with E-state index in [9.17, 15) is 9.59 Å². The van der Waals surface area contributed by atoms with E-state index in [1.807, 2.05) is 13.8 Å². The third kappa shape index (κ3) is 4.49. The van der Waals surface area contributed by atoms with Gasteiger partial charge in [-0.2, -0.15) is 0 Å². The third-order valence-electron chi connectivity index (χ3n) is 4.25. The first kappa shape index (κ1) is 16.0. The van der Waals surface area contributed by atoms with Crippen LogP contribution in [0.2, 0.25) is 0 Å². The Morgan fingerprint density at radius 3 is 2.37 bits per heavy atom. The molecule has 0 unspecified atom stereocenters. The van der Waals surface area contributed by atoms with Gasteiger partial charge >= 0.3 is 5.97 Å². The normalized spacial score (nSPS) is 21.4. The van der Waals surface area contributed by atoms with Crippen LogP contribution in [0.5, 0.6) is 0 Å². The topological polar surface area (TPSA) is 92.4 Å².